The van der Waals surface area contributed by atoms with Crippen molar-refractivity contribution in [3.8, 4) is 0 Å². The van der Waals surface area contributed by atoms with Crippen LogP contribution in [0, 0.1) is 0 Å². The summed E-state index contributed by atoms with van der Waals surface area (Å²) >= 11 is 0. The number of carbonyl (C=O) groups is 3. The van der Waals surface area contributed by atoms with Gasteiger partial charge in [0.1, 0.15) is 0 Å². The molecule has 28 heavy (non-hydrogen) atoms. The monoisotopic (exact) mass is 377 g/mol. The predicted molar refractivity (Wildman–Crippen MR) is 97.9 cm³/mol. The van der Waals surface area contributed by atoms with Crippen LogP contribution in [0.2, 0.25) is 0 Å². The summed E-state index contributed by atoms with van der Waals surface area (Å²) in [5.74, 6) is -3.82. The zero-order chi connectivity index (χ0) is 20.6. The normalized spacial score (nSPS) is 15.4. The van der Waals surface area contributed by atoms with E-state index in [-0.39, 0.29) is 25.5 Å². The summed E-state index contributed by atoms with van der Waals surface area (Å²) in [5, 5.41) is 30.2. The largest absolute Gasteiger partial charge is 3.00 e. The molecule has 0 atom stereocenters. The molecule has 0 unspecified atom stereocenters. The Bertz CT molecular complexity index is 801. The number of aliphatic imine (C=N–C) groups is 3. The van der Waals surface area contributed by atoms with Gasteiger partial charge in [-0.1, -0.05) is 19.7 Å². The zero-order valence-electron chi connectivity index (χ0n) is 14.5. The third-order valence-corrected chi connectivity index (χ3v) is 2.93. The molecule has 0 aromatic carbocycles. The molecule has 3 aliphatic rings. The maximum absolute atomic E-state index is 10.1. The zero-order valence-corrected chi connectivity index (χ0v) is 14.5. The van der Waals surface area contributed by atoms with E-state index in [0.29, 0.717) is 16.7 Å². The SMILES string of the molecule is C=C1C=CN=C1C(=O)[O-].C=C1C=CN=C1C(=O)[O-].C=C1C=CN=C1C(=O)[O-].[B+3]. The molecule has 3 heterocycles. The van der Waals surface area contributed by atoms with E-state index in [0.717, 1.165) is 0 Å². The number of carboxylic acid groups (broad SMARTS) is 3. The van der Waals surface area contributed by atoms with Crippen LogP contribution in [0.3, 0.4) is 0 Å². The van der Waals surface area contributed by atoms with Crippen molar-refractivity contribution in [2.45, 2.75) is 0 Å². The second kappa shape index (κ2) is 10.8. The maximum atomic E-state index is 10.1. The number of carbonyl (C=O) groups excluding carboxylic acids is 3. The van der Waals surface area contributed by atoms with Crippen molar-refractivity contribution >= 4 is 43.5 Å². The number of aliphatic carboxylic acids is 3. The van der Waals surface area contributed by atoms with Crippen molar-refractivity contribution in [2.24, 2.45) is 15.0 Å². The standard InChI is InChI=1S/3C6H5NO2.B/c3*1-4-2-3-7-5(4)6(8)9;/h3*2-3H,1H2,(H,8,9);/q;;;+3/p-3. The molecule has 0 aromatic heterocycles. The fourth-order valence-corrected chi connectivity index (χ4v) is 1.64. The van der Waals surface area contributed by atoms with Crippen molar-refractivity contribution in [1.29, 1.82) is 0 Å². The van der Waals surface area contributed by atoms with E-state index in [1.165, 1.54) is 36.8 Å². The minimum atomic E-state index is -1.27. The van der Waals surface area contributed by atoms with Gasteiger partial charge in [0.2, 0.25) is 0 Å². The Hall–Kier alpha value is -4.08. The molecule has 3 aliphatic heterocycles. The summed E-state index contributed by atoms with van der Waals surface area (Å²) in [6.45, 7) is 10.3. The number of hydrogen-bond donors (Lipinski definition) is 0. The molecule has 10 heteroatoms. The van der Waals surface area contributed by atoms with Gasteiger partial charge in [0, 0.05) is 18.6 Å². The van der Waals surface area contributed by atoms with Gasteiger partial charge in [-0.25, -0.2) is 0 Å². The van der Waals surface area contributed by atoms with E-state index in [1.54, 1.807) is 0 Å². The summed E-state index contributed by atoms with van der Waals surface area (Å²) in [6.07, 6.45) is 8.70. The van der Waals surface area contributed by atoms with E-state index in [1.807, 2.05) is 0 Å². The first-order chi connectivity index (χ1) is 12.6. The fraction of sp³-hybridized carbons (Fsp3) is 0. The van der Waals surface area contributed by atoms with Gasteiger partial charge in [0.25, 0.3) is 0 Å². The summed E-state index contributed by atoms with van der Waals surface area (Å²) in [4.78, 5) is 40.7. The molecule has 0 fully saturated rings. The van der Waals surface area contributed by atoms with Crippen LogP contribution < -0.4 is 15.3 Å². The second-order valence-corrected chi connectivity index (χ2v) is 4.82. The Labute approximate surface area is 162 Å². The van der Waals surface area contributed by atoms with Crippen LogP contribution in [0.25, 0.3) is 0 Å². The quantitative estimate of drug-likeness (QED) is 0.491. The van der Waals surface area contributed by atoms with Crippen LogP contribution in [0.1, 0.15) is 0 Å². The fourth-order valence-electron chi connectivity index (χ4n) is 1.64. The average molecular weight is 377 g/mol. The molecule has 9 nitrogen and oxygen atoms in total. The van der Waals surface area contributed by atoms with Gasteiger partial charge >= 0.3 is 8.41 Å². The van der Waals surface area contributed by atoms with Crippen molar-refractivity contribution in [2.75, 3.05) is 0 Å². The molecular formula is C18H12BN3O6. The first-order valence-electron chi connectivity index (χ1n) is 7.10. The van der Waals surface area contributed by atoms with Crippen LogP contribution >= 0.6 is 0 Å². The first-order valence-corrected chi connectivity index (χ1v) is 7.10. The van der Waals surface area contributed by atoms with Crippen LogP contribution in [-0.2, 0) is 14.4 Å². The molecule has 0 N–H and O–H groups in total. The molecule has 0 saturated carbocycles. The molecule has 0 spiro atoms. The first kappa shape index (κ1) is 23.9. The molecule has 0 amide bonds. The molecule has 0 aromatic rings. The van der Waals surface area contributed by atoms with E-state index in [2.05, 4.69) is 34.7 Å². The summed E-state index contributed by atoms with van der Waals surface area (Å²) in [6, 6.07) is 0. The van der Waals surface area contributed by atoms with Gasteiger partial charge in [0.15, 0.2) is 0 Å². The Kier molecular flexibility index (Phi) is 9.24. The molecule has 3 rings (SSSR count). The van der Waals surface area contributed by atoms with Gasteiger partial charge in [-0.2, -0.15) is 0 Å². The summed E-state index contributed by atoms with van der Waals surface area (Å²) in [5.41, 5.74) is 0.972. The second-order valence-electron chi connectivity index (χ2n) is 4.82. The van der Waals surface area contributed by atoms with Crippen molar-refractivity contribution in [3.63, 3.8) is 0 Å². The van der Waals surface area contributed by atoms with E-state index in [9.17, 15) is 29.7 Å². The van der Waals surface area contributed by atoms with Crippen molar-refractivity contribution in [3.05, 3.63) is 73.3 Å². The molecule has 0 saturated heterocycles. The van der Waals surface area contributed by atoms with Gasteiger partial charge in [-0.15, -0.1) is 0 Å². The Morgan fingerprint density at radius 1 is 0.607 bits per heavy atom. The van der Waals surface area contributed by atoms with Gasteiger partial charge in [-0.3, -0.25) is 15.0 Å². The number of allylic oxidation sites excluding steroid dienone is 3. The van der Waals surface area contributed by atoms with Crippen LogP contribution in [0.5, 0.6) is 0 Å². The number of carboxylic acids is 3. The number of nitrogens with zero attached hydrogens (tertiary/aromatic N) is 3. The van der Waals surface area contributed by atoms with E-state index < -0.39 is 17.9 Å². The Morgan fingerprint density at radius 3 is 0.893 bits per heavy atom. The minimum absolute atomic E-state index is 0. The van der Waals surface area contributed by atoms with Gasteiger partial charge < -0.3 is 29.7 Å². The molecule has 138 valence electrons. The molecular weight excluding hydrogens is 365 g/mol. The summed E-state index contributed by atoms with van der Waals surface area (Å²) in [7, 11) is 0. The van der Waals surface area contributed by atoms with Crippen molar-refractivity contribution < 1.29 is 29.7 Å². The smallest absolute Gasteiger partial charge is 0.543 e. The number of rotatable bonds is 3. The van der Waals surface area contributed by atoms with E-state index >= 15 is 0 Å². The Morgan fingerprint density at radius 2 is 0.821 bits per heavy atom. The van der Waals surface area contributed by atoms with Gasteiger partial charge in [-0.05, 0) is 34.9 Å². The van der Waals surface area contributed by atoms with Crippen molar-refractivity contribution in [1.82, 2.24) is 0 Å². The molecule has 0 bridgehead atoms. The van der Waals surface area contributed by atoms with E-state index in [4.69, 9.17) is 0 Å². The van der Waals surface area contributed by atoms with Crippen LogP contribution in [0.4, 0.5) is 0 Å². The third-order valence-electron chi connectivity index (χ3n) is 2.93. The van der Waals surface area contributed by atoms with Gasteiger partial charge in [0.05, 0.1) is 35.0 Å². The van der Waals surface area contributed by atoms with Crippen LogP contribution in [-0.4, -0.2) is 43.5 Å². The van der Waals surface area contributed by atoms with Crippen LogP contribution in [0.15, 0.2) is 88.3 Å². The molecule has 0 aliphatic carbocycles. The molecule has 0 radical (unpaired) electrons. The maximum Gasteiger partial charge on any atom is 3.00 e. The summed E-state index contributed by atoms with van der Waals surface area (Å²) < 4.78 is 0. The number of hydrogen-bond acceptors (Lipinski definition) is 9. The third kappa shape index (κ3) is 6.67. The average Bonchev–Trinajstić information content (AvgIpc) is 3.29. The topological polar surface area (TPSA) is 157 Å². The minimum Gasteiger partial charge on any atom is -0.543 e. The Balaban J connectivity index is 0.000000384. The predicted octanol–water partition coefficient (Wildman–Crippen LogP) is -2.60.